The first-order valence-electron chi connectivity index (χ1n) is 11.4. The molecule has 0 aliphatic carbocycles. The normalized spacial score (nSPS) is 14.5. The van der Waals surface area contributed by atoms with Gasteiger partial charge in [-0.1, -0.05) is 60.7 Å². The summed E-state index contributed by atoms with van der Waals surface area (Å²) in [7, 11) is 0. The van der Waals surface area contributed by atoms with Crippen molar-refractivity contribution in [3.63, 3.8) is 0 Å². The minimum atomic E-state index is -0.285. The van der Waals surface area contributed by atoms with E-state index in [1.54, 1.807) is 16.9 Å². The van der Waals surface area contributed by atoms with Crippen molar-refractivity contribution in [2.45, 2.75) is 13.0 Å². The van der Waals surface area contributed by atoms with Gasteiger partial charge in [-0.05, 0) is 24.1 Å². The van der Waals surface area contributed by atoms with Crippen LogP contribution < -0.4 is 5.56 Å². The van der Waals surface area contributed by atoms with Crippen molar-refractivity contribution in [2.75, 3.05) is 26.2 Å². The van der Waals surface area contributed by atoms with Gasteiger partial charge in [-0.15, -0.1) is 0 Å². The highest BCUT2D eigenvalue weighted by Crippen LogP contribution is 2.29. The van der Waals surface area contributed by atoms with Crippen molar-refractivity contribution in [2.24, 2.45) is 0 Å². The molecule has 2 aromatic heterocycles. The zero-order valence-corrected chi connectivity index (χ0v) is 19.0. The fourth-order valence-electron chi connectivity index (χ4n) is 4.54. The van der Waals surface area contributed by atoms with E-state index in [1.807, 2.05) is 24.0 Å². The topological polar surface area (TPSA) is 87.1 Å². The Balaban J connectivity index is 1.32. The molecule has 0 spiro atoms. The fourth-order valence-corrected chi connectivity index (χ4v) is 4.54. The Morgan fingerprint density at radius 2 is 1.50 bits per heavy atom. The number of carbonyl (C=O) groups excluding carboxylic acids is 1. The molecule has 1 N–H and O–H groups in total. The van der Waals surface area contributed by atoms with Crippen LogP contribution in [0.4, 0.5) is 0 Å². The predicted octanol–water partition coefficient (Wildman–Crippen LogP) is 2.81. The second-order valence-corrected chi connectivity index (χ2v) is 8.39. The molecule has 3 heterocycles. The molecule has 2 aromatic carbocycles. The summed E-state index contributed by atoms with van der Waals surface area (Å²) in [5.74, 6) is 0.429. The van der Waals surface area contributed by atoms with Crippen molar-refractivity contribution in [1.82, 2.24) is 29.8 Å². The van der Waals surface area contributed by atoms with Crippen LogP contribution in [-0.2, 0) is 0 Å². The number of benzene rings is 2. The maximum absolute atomic E-state index is 13.3. The van der Waals surface area contributed by atoms with Crippen LogP contribution in [0, 0.1) is 6.92 Å². The smallest absolute Gasteiger partial charge is 0.264 e. The molecule has 1 aliphatic rings. The summed E-state index contributed by atoms with van der Waals surface area (Å²) in [6, 6.07) is 24.1. The molecule has 1 aliphatic heterocycles. The Hall–Kier alpha value is -4.04. The number of carbonyl (C=O) groups is 1. The number of aromatic nitrogens is 4. The molecule has 0 saturated carbocycles. The van der Waals surface area contributed by atoms with Gasteiger partial charge in [0.2, 0.25) is 0 Å². The summed E-state index contributed by atoms with van der Waals surface area (Å²) in [6.07, 6.45) is 1.58. The van der Waals surface area contributed by atoms with E-state index in [0.29, 0.717) is 30.2 Å². The van der Waals surface area contributed by atoms with Gasteiger partial charge in [0.25, 0.3) is 11.5 Å². The Bertz CT molecular complexity index is 1260. The van der Waals surface area contributed by atoms with E-state index in [4.69, 9.17) is 0 Å². The first-order chi connectivity index (χ1) is 16.6. The van der Waals surface area contributed by atoms with Crippen LogP contribution >= 0.6 is 0 Å². The fraction of sp³-hybridized carbons (Fsp3) is 0.231. The molecule has 1 saturated heterocycles. The largest absolute Gasteiger partial charge is 0.336 e. The van der Waals surface area contributed by atoms with Crippen LogP contribution in [0.15, 0.2) is 83.8 Å². The number of rotatable bonds is 5. The number of aromatic amines is 1. The molecular weight excluding hydrogens is 428 g/mol. The molecule has 0 atom stereocenters. The first-order valence-corrected chi connectivity index (χ1v) is 11.4. The van der Waals surface area contributed by atoms with Crippen molar-refractivity contribution < 1.29 is 4.79 Å². The van der Waals surface area contributed by atoms with Gasteiger partial charge in [-0.2, -0.15) is 10.2 Å². The average Bonchev–Trinajstić information content (AvgIpc) is 3.27. The summed E-state index contributed by atoms with van der Waals surface area (Å²) >= 11 is 0. The van der Waals surface area contributed by atoms with Gasteiger partial charge in [0.15, 0.2) is 5.82 Å². The third kappa shape index (κ3) is 4.27. The number of hydrogen-bond acceptors (Lipinski definition) is 5. The summed E-state index contributed by atoms with van der Waals surface area (Å²) in [4.78, 5) is 28.9. The summed E-state index contributed by atoms with van der Waals surface area (Å²) in [6.45, 7) is 4.65. The van der Waals surface area contributed by atoms with Gasteiger partial charge in [-0.3, -0.25) is 14.5 Å². The zero-order chi connectivity index (χ0) is 23.5. The lowest BCUT2D eigenvalue weighted by molar-refractivity contribution is 0.0596. The van der Waals surface area contributed by atoms with Gasteiger partial charge in [0, 0.05) is 32.2 Å². The zero-order valence-electron chi connectivity index (χ0n) is 19.0. The van der Waals surface area contributed by atoms with E-state index in [2.05, 4.69) is 68.7 Å². The minimum Gasteiger partial charge on any atom is -0.336 e. The van der Waals surface area contributed by atoms with Crippen molar-refractivity contribution >= 4 is 5.91 Å². The molecule has 8 heteroatoms. The second kappa shape index (κ2) is 9.44. The highest BCUT2D eigenvalue weighted by Gasteiger charge is 2.29. The van der Waals surface area contributed by atoms with Gasteiger partial charge in [0.05, 0.1) is 23.5 Å². The van der Waals surface area contributed by atoms with E-state index in [-0.39, 0.29) is 17.5 Å². The van der Waals surface area contributed by atoms with Crippen molar-refractivity contribution in [3.8, 4) is 5.82 Å². The van der Waals surface area contributed by atoms with Gasteiger partial charge in [-0.25, -0.2) is 9.78 Å². The number of nitrogens with one attached hydrogen (secondary N) is 1. The molecule has 1 amide bonds. The van der Waals surface area contributed by atoms with Crippen LogP contribution in [0.5, 0.6) is 0 Å². The standard InChI is InChI=1S/C26H26N6O2/c1-19-22(18-27-32(19)23-12-13-24(33)29-28-23)26(34)31-16-14-30(15-17-31)25(20-8-4-2-5-9-20)21-10-6-3-7-11-21/h2-13,18,25H,14-17H2,1H3,(H,29,33). The molecule has 0 bridgehead atoms. The van der Waals surface area contributed by atoms with E-state index in [9.17, 15) is 9.59 Å². The van der Waals surface area contributed by atoms with Crippen LogP contribution in [0.2, 0.25) is 0 Å². The Kier molecular flexibility index (Phi) is 6.05. The second-order valence-electron chi connectivity index (χ2n) is 8.39. The predicted molar refractivity (Wildman–Crippen MR) is 129 cm³/mol. The van der Waals surface area contributed by atoms with E-state index >= 15 is 0 Å². The number of piperazine rings is 1. The highest BCUT2D eigenvalue weighted by atomic mass is 16.2. The lowest BCUT2D eigenvalue weighted by Gasteiger charge is -2.39. The monoisotopic (exact) mass is 454 g/mol. The Labute approximate surface area is 197 Å². The number of nitrogens with zero attached hydrogens (tertiary/aromatic N) is 5. The maximum atomic E-state index is 13.3. The molecule has 0 radical (unpaired) electrons. The molecule has 172 valence electrons. The van der Waals surface area contributed by atoms with Gasteiger partial charge >= 0.3 is 0 Å². The third-order valence-electron chi connectivity index (χ3n) is 6.32. The Morgan fingerprint density at radius 1 is 0.882 bits per heavy atom. The molecule has 0 unspecified atom stereocenters. The molecule has 8 nitrogen and oxygen atoms in total. The lowest BCUT2D eigenvalue weighted by atomic mass is 9.96. The summed E-state index contributed by atoms with van der Waals surface area (Å²) in [5.41, 5.74) is 3.45. The van der Waals surface area contributed by atoms with Gasteiger partial charge in [0.1, 0.15) is 0 Å². The van der Waals surface area contributed by atoms with Crippen LogP contribution in [0.25, 0.3) is 5.82 Å². The van der Waals surface area contributed by atoms with Crippen molar-refractivity contribution in [1.29, 1.82) is 0 Å². The average molecular weight is 455 g/mol. The van der Waals surface area contributed by atoms with E-state index in [0.717, 1.165) is 13.1 Å². The van der Waals surface area contributed by atoms with E-state index < -0.39 is 0 Å². The number of hydrogen-bond donors (Lipinski definition) is 1. The van der Waals surface area contributed by atoms with Crippen molar-refractivity contribution in [3.05, 3.63) is 112 Å². The highest BCUT2D eigenvalue weighted by molar-refractivity contribution is 5.95. The minimum absolute atomic E-state index is 0.0382. The summed E-state index contributed by atoms with van der Waals surface area (Å²) < 4.78 is 1.57. The maximum Gasteiger partial charge on any atom is 0.264 e. The third-order valence-corrected chi connectivity index (χ3v) is 6.32. The Morgan fingerprint density at radius 3 is 2.06 bits per heavy atom. The first kappa shape index (κ1) is 21.8. The van der Waals surface area contributed by atoms with Crippen LogP contribution in [0.1, 0.15) is 33.2 Å². The van der Waals surface area contributed by atoms with Crippen LogP contribution in [-0.4, -0.2) is 61.9 Å². The molecule has 34 heavy (non-hydrogen) atoms. The molecular formula is C26H26N6O2. The number of amides is 1. The molecule has 4 aromatic rings. The van der Waals surface area contributed by atoms with E-state index in [1.165, 1.54) is 17.2 Å². The molecule has 5 rings (SSSR count). The van der Waals surface area contributed by atoms with Crippen LogP contribution in [0.3, 0.4) is 0 Å². The quantitative estimate of drug-likeness (QED) is 0.501. The lowest BCUT2D eigenvalue weighted by Crippen LogP contribution is -2.50. The SMILES string of the molecule is Cc1c(C(=O)N2CCN(C(c3ccccc3)c3ccccc3)CC2)cnn1-c1ccc(=O)[nH]n1. The number of H-pyrrole nitrogens is 1. The van der Waals surface area contributed by atoms with Gasteiger partial charge < -0.3 is 4.90 Å². The summed E-state index contributed by atoms with van der Waals surface area (Å²) in [5, 5.41) is 10.7. The molecule has 1 fully saturated rings.